The number of carbonyl (C=O) groups is 2. The van der Waals surface area contributed by atoms with Crippen molar-refractivity contribution in [2.75, 3.05) is 32.8 Å². The number of likely N-dealkylation sites (tertiary alicyclic amines) is 2. The van der Waals surface area contributed by atoms with Crippen molar-refractivity contribution in [1.82, 2.24) is 25.2 Å². The highest BCUT2D eigenvalue weighted by Gasteiger charge is 2.41. The first-order valence-electron chi connectivity index (χ1n) is 13.2. The van der Waals surface area contributed by atoms with Crippen LogP contribution < -0.4 is 4.74 Å². The van der Waals surface area contributed by atoms with Gasteiger partial charge in [0.1, 0.15) is 16.8 Å². The SMILES string of the molecule is Cc1cc(OCC2(CC(=O)N3CCC(O)CC3)CCCN(C(=O)c3ccc4n[nH]nc4c3)C2)cc(C)c1Cl. The van der Waals surface area contributed by atoms with Gasteiger partial charge in [-0.05, 0) is 81.0 Å². The van der Waals surface area contributed by atoms with Crippen LogP contribution in [0.2, 0.25) is 5.02 Å². The summed E-state index contributed by atoms with van der Waals surface area (Å²) in [6.45, 7) is 6.32. The second-order valence-corrected chi connectivity index (χ2v) is 11.2. The van der Waals surface area contributed by atoms with Crippen LogP contribution in [0.25, 0.3) is 11.0 Å². The second kappa shape index (κ2) is 10.9. The Balaban J connectivity index is 1.37. The fourth-order valence-corrected chi connectivity index (χ4v) is 5.73. The van der Waals surface area contributed by atoms with Crippen molar-refractivity contribution in [1.29, 1.82) is 0 Å². The topological polar surface area (TPSA) is 112 Å². The Morgan fingerprint density at radius 2 is 1.79 bits per heavy atom. The third-order valence-electron chi connectivity index (χ3n) is 7.81. The van der Waals surface area contributed by atoms with E-state index in [9.17, 15) is 14.7 Å². The molecule has 2 saturated heterocycles. The van der Waals surface area contributed by atoms with Crippen LogP contribution in [0.15, 0.2) is 30.3 Å². The predicted molar refractivity (Wildman–Crippen MR) is 144 cm³/mol. The molecule has 3 aromatic rings. The van der Waals surface area contributed by atoms with E-state index < -0.39 is 5.41 Å². The smallest absolute Gasteiger partial charge is 0.253 e. The Bertz CT molecular complexity index is 1310. The average molecular weight is 540 g/mol. The number of aryl methyl sites for hydroxylation is 2. The van der Waals surface area contributed by atoms with Gasteiger partial charge in [-0.15, -0.1) is 0 Å². The number of aliphatic hydroxyl groups is 1. The molecular weight excluding hydrogens is 506 g/mol. The number of aromatic nitrogens is 3. The van der Waals surface area contributed by atoms with Crippen molar-refractivity contribution in [2.45, 2.75) is 52.1 Å². The van der Waals surface area contributed by atoms with Crippen LogP contribution in [0.3, 0.4) is 0 Å². The molecule has 1 unspecified atom stereocenters. The fourth-order valence-electron chi connectivity index (χ4n) is 5.62. The first-order chi connectivity index (χ1) is 18.2. The summed E-state index contributed by atoms with van der Waals surface area (Å²) in [4.78, 5) is 30.7. The highest BCUT2D eigenvalue weighted by Crippen LogP contribution is 2.37. The monoisotopic (exact) mass is 539 g/mol. The second-order valence-electron chi connectivity index (χ2n) is 10.8. The van der Waals surface area contributed by atoms with Gasteiger partial charge in [-0.3, -0.25) is 9.59 Å². The first-order valence-corrected chi connectivity index (χ1v) is 13.6. The van der Waals surface area contributed by atoms with Gasteiger partial charge < -0.3 is 19.6 Å². The molecule has 2 aliphatic heterocycles. The zero-order chi connectivity index (χ0) is 26.9. The molecule has 2 N–H and O–H groups in total. The maximum atomic E-state index is 13.6. The highest BCUT2D eigenvalue weighted by atomic mass is 35.5. The van der Waals surface area contributed by atoms with Gasteiger partial charge in [0.2, 0.25) is 5.91 Å². The number of aromatic amines is 1. The normalized spacial score (nSPS) is 20.6. The molecule has 202 valence electrons. The molecule has 10 heteroatoms. The molecule has 0 saturated carbocycles. The Kier molecular flexibility index (Phi) is 7.59. The van der Waals surface area contributed by atoms with Gasteiger partial charge in [-0.2, -0.15) is 15.4 Å². The van der Waals surface area contributed by atoms with Crippen molar-refractivity contribution in [2.24, 2.45) is 5.41 Å². The number of nitrogens with zero attached hydrogens (tertiary/aromatic N) is 4. The zero-order valence-corrected chi connectivity index (χ0v) is 22.6. The number of halogens is 1. The summed E-state index contributed by atoms with van der Waals surface area (Å²) in [6, 6.07) is 9.12. The summed E-state index contributed by atoms with van der Waals surface area (Å²) in [6.07, 6.45) is 2.65. The number of benzene rings is 2. The van der Waals surface area contributed by atoms with Crippen LogP contribution in [-0.2, 0) is 4.79 Å². The number of hydrogen-bond acceptors (Lipinski definition) is 6. The van der Waals surface area contributed by atoms with Crippen LogP contribution in [-0.4, -0.2) is 81.0 Å². The molecule has 2 fully saturated rings. The van der Waals surface area contributed by atoms with E-state index in [1.54, 1.807) is 18.2 Å². The lowest BCUT2D eigenvalue weighted by atomic mass is 9.77. The molecule has 0 bridgehead atoms. The summed E-state index contributed by atoms with van der Waals surface area (Å²) in [7, 11) is 0. The Morgan fingerprint density at radius 3 is 2.53 bits per heavy atom. The van der Waals surface area contributed by atoms with Crippen molar-refractivity contribution < 1.29 is 19.4 Å². The van der Waals surface area contributed by atoms with E-state index in [0.29, 0.717) is 73.0 Å². The van der Waals surface area contributed by atoms with E-state index in [4.69, 9.17) is 16.3 Å². The lowest BCUT2D eigenvalue weighted by molar-refractivity contribution is -0.137. The molecule has 2 aliphatic rings. The van der Waals surface area contributed by atoms with E-state index in [0.717, 1.165) is 24.0 Å². The van der Waals surface area contributed by atoms with Crippen molar-refractivity contribution in [3.05, 3.63) is 52.0 Å². The van der Waals surface area contributed by atoms with Gasteiger partial charge in [0.05, 0.1) is 12.7 Å². The first kappa shape index (κ1) is 26.4. The minimum atomic E-state index is -0.541. The van der Waals surface area contributed by atoms with Crippen molar-refractivity contribution in [3.63, 3.8) is 0 Å². The molecule has 3 heterocycles. The number of hydrogen-bond donors (Lipinski definition) is 2. The molecule has 0 radical (unpaired) electrons. The van der Waals surface area contributed by atoms with Gasteiger partial charge in [0, 0.05) is 48.6 Å². The summed E-state index contributed by atoms with van der Waals surface area (Å²) in [5.74, 6) is 0.658. The Hall–Kier alpha value is -3.17. The average Bonchev–Trinajstić information content (AvgIpc) is 3.38. The third kappa shape index (κ3) is 5.63. The van der Waals surface area contributed by atoms with E-state index in [2.05, 4.69) is 15.4 Å². The number of piperidine rings is 2. The Labute approximate surface area is 227 Å². The van der Waals surface area contributed by atoms with Crippen LogP contribution >= 0.6 is 11.6 Å². The minimum absolute atomic E-state index is 0.0438. The van der Waals surface area contributed by atoms with Gasteiger partial charge in [-0.1, -0.05) is 11.6 Å². The van der Waals surface area contributed by atoms with Crippen molar-refractivity contribution in [3.8, 4) is 5.75 Å². The molecule has 1 aromatic heterocycles. The minimum Gasteiger partial charge on any atom is -0.493 e. The van der Waals surface area contributed by atoms with Crippen LogP contribution in [0.5, 0.6) is 5.75 Å². The molecule has 2 aromatic carbocycles. The lowest BCUT2D eigenvalue weighted by Crippen LogP contribution is -2.51. The molecule has 0 spiro atoms. The zero-order valence-electron chi connectivity index (χ0n) is 21.9. The number of ether oxygens (including phenoxy) is 1. The number of H-pyrrole nitrogens is 1. The number of aliphatic hydroxyl groups excluding tert-OH is 1. The lowest BCUT2D eigenvalue weighted by Gasteiger charge is -2.43. The number of carbonyl (C=O) groups excluding carboxylic acids is 2. The maximum Gasteiger partial charge on any atom is 0.253 e. The largest absolute Gasteiger partial charge is 0.493 e. The van der Waals surface area contributed by atoms with Crippen LogP contribution in [0, 0.1) is 19.3 Å². The predicted octanol–water partition coefficient (Wildman–Crippen LogP) is 3.90. The van der Waals surface area contributed by atoms with Gasteiger partial charge in [0.25, 0.3) is 5.91 Å². The Morgan fingerprint density at radius 1 is 1.08 bits per heavy atom. The quantitative estimate of drug-likeness (QED) is 0.491. The van der Waals surface area contributed by atoms with Crippen molar-refractivity contribution >= 4 is 34.4 Å². The molecule has 2 amide bonds. The summed E-state index contributed by atoms with van der Waals surface area (Å²) < 4.78 is 6.32. The van der Waals surface area contributed by atoms with E-state index in [-0.39, 0.29) is 24.3 Å². The molecule has 0 aliphatic carbocycles. The van der Waals surface area contributed by atoms with E-state index >= 15 is 0 Å². The van der Waals surface area contributed by atoms with Gasteiger partial charge in [0.15, 0.2) is 0 Å². The van der Waals surface area contributed by atoms with Gasteiger partial charge >= 0.3 is 0 Å². The standard InChI is InChI=1S/C28H34ClN5O4/c1-18-12-22(13-19(2)26(18)29)38-17-28(15-25(36)33-10-6-21(35)7-11-33)8-3-9-34(16-28)27(37)20-4-5-23-24(14-20)31-32-30-23/h4-5,12-14,21,35H,3,6-11,15-17H2,1-2H3,(H,30,31,32). The summed E-state index contributed by atoms with van der Waals surface area (Å²) in [5, 5.41) is 21.4. The maximum absolute atomic E-state index is 13.6. The molecule has 5 rings (SSSR count). The summed E-state index contributed by atoms with van der Waals surface area (Å²) >= 11 is 6.35. The van der Waals surface area contributed by atoms with E-state index in [1.807, 2.05) is 35.8 Å². The molecule has 1 atom stereocenters. The number of rotatable bonds is 6. The number of nitrogens with one attached hydrogen (secondary N) is 1. The fraction of sp³-hybridized carbons (Fsp3) is 0.500. The molecule has 38 heavy (non-hydrogen) atoms. The highest BCUT2D eigenvalue weighted by molar-refractivity contribution is 6.32. The van der Waals surface area contributed by atoms with E-state index in [1.165, 1.54) is 0 Å². The van der Waals surface area contributed by atoms with Crippen LogP contribution in [0.1, 0.15) is 53.6 Å². The summed E-state index contributed by atoms with van der Waals surface area (Å²) in [5.41, 5.74) is 3.21. The third-order valence-corrected chi connectivity index (χ3v) is 8.41. The number of fused-ring (bicyclic) bond motifs is 1. The number of amides is 2. The van der Waals surface area contributed by atoms with Crippen LogP contribution in [0.4, 0.5) is 0 Å². The van der Waals surface area contributed by atoms with Gasteiger partial charge in [-0.25, -0.2) is 0 Å². The molecule has 9 nitrogen and oxygen atoms in total. The molecular formula is C28H34ClN5O4.